The van der Waals surface area contributed by atoms with Gasteiger partial charge in [-0.15, -0.1) is 0 Å². The Bertz CT molecular complexity index is 388. The Hall–Kier alpha value is -0.620. The van der Waals surface area contributed by atoms with Crippen molar-refractivity contribution >= 4 is 15.8 Å². The van der Waals surface area contributed by atoms with E-state index < -0.39 is 21.2 Å². The van der Waals surface area contributed by atoms with E-state index in [1.165, 1.54) is 0 Å². The molecule has 1 rings (SSSR count). The van der Waals surface area contributed by atoms with Crippen molar-refractivity contribution in [2.75, 3.05) is 25.1 Å². The molecule has 1 N–H and O–H groups in total. The van der Waals surface area contributed by atoms with Crippen LogP contribution in [0.2, 0.25) is 0 Å². The van der Waals surface area contributed by atoms with Crippen molar-refractivity contribution in [3.8, 4) is 0 Å². The van der Waals surface area contributed by atoms with Gasteiger partial charge in [0.25, 0.3) is 0 Å². The highest BCUT2D eigenvalue weighted by atomic mass is 32.2. The number of rotatable bonds is 5. The van der Waals surface area contributed by atoms with Gasteiger partial charge in [-0.1, -0.05) is 0 Å². The van der Waals surface area contributed by atoms with Gasteiger partial charge >= 0.3 is 5.97 Å². The van der Waals surface area contributed by atoms with E-state index in [0.29, 0.717) is 19.4 Å². The van der Waals surface area contributed by atoms with Gasteiger partial charge in [-0.3, -0.25) is 4.79 Å². The average Bonchev–Trinajstić information content (AvgIpc) is 2.55. The highest BCUT2D eigenvalue weighted by Gasteiger charge is 2.32. The van der Waals surface area contributed by atoms with Crippen molar-refractivity contribution in [3.05, 3.63) is 0 Å². The van der Waals surface area contributed by atoms with Crippen LogP contribution >= 0.6 is 0 Å². The third kappa shape index (κ3) is 3.96. The average molecular weight is 263 g/mol. The number of sulfone groups is 1. The smallest absolute Gasteiger partial charge is 0.309 e. The summed E-state index contributed by atoms with van der Waals surface area (Å²) in [6, 6.07) is 0.0459. The van der Waals surface area contributed by atoms with Crippen molar-refractivity contribution in [1.82, 2.24) is 4.90 Å². The highest BCUT2D eigenvalue weighted by molar-refractivity contribution is 7.91. The molecule has 1 fully saturated rings. The monoisotopic (exact) mass is 263 g/mol. The first-order valence-corrected chi connectivity index (χ1v) is 7.60. The van der Waals surface area contributed by atoms with Crippen molar-refractivity contribution in [2.24, 2.45) is 5.41 Å². The third-order valence-corrected chi connectivity index (χ3v) is 5.25. The van der Waals surface area contributed by atoms with Crippen LogP contribution < -0.4 is 0 Å². The molecule has 0 aromatic heterocycles. The van der Waals surface area contributed by atoms with Crippen molar-refractivity contribution in [2.45, 2.75) is 32.7 Å². The zero-order valence-corrected chi connectivity index (χ0v) is 11.5. The minimum absolute atomic E-state index is 0.0459. The summed E-state index contributed by atoms with van der Waals surface area (Å²) in [6.07, 6.45) is 1.18. The predicted octanol–water partition coefficient (Wildman–Crippen LogP) is 0.606. The maximum atomic E-state index is 11.3. The Kier molecular flexibility index (Phi) is 4.19. The molecule has 0 radical (unpaired) electrons. The summed E-state index contributed by atoms with van der Waals surface area (Å²) in [5, 5.41) is 8.99. The molecular weight excluding hydrogens is 242 g/mol. The van der Waals surface area contributed by atoms with Crippen LogP contribution in [0.1, 0.15) is 26.7 Å². The molecule has 0 bridgehead atoms. The number of hydrogen-bond acceptors (Lipinski definition) is 4. The minimum atomic E-state index is -2.87. The molecule has 100 valence electrons. The zero-order chi connectivity index (χ0) is 13.3. The van der Waals surface area contributed by atoms with Gasteiger partial charge in [0.05, 0.1) is 16.9 Å². The van der Waals surface area contributed by atoms with E-state index in [4.69, 9.17) is 5.11 Å². The second-order valence-electron chi connectivity index (χ2n) is 5.48. The molecule has 1 unspecified atom stereocenters. The second-order valence-corrected chi connectivity index (χ2v) is 7.71. The first kappa shape index (κ1) is 14.4. The van der Waals surface area contributed by atoms with Crippen LogP contribution in [0.25, 0.3) is 0 Å². The molecule has 6 heteroatoms. The Morgan fingerprint density at radius 2 is 2.06 bits per heavy atom. The molecule has 1 aliphatic rings. The molecule has 5 nitrogen and oxygen atoms in total. The lowest BCUT2D eigenvalue weighted by molar-refractivity contribution is -0.147. The number of hydrogen-bond donors (Lipinski definition) is 1. The summed E-state index contributed by atoms with van der Waals surface area (Å²) < 4.78 is 22.7. The molecule has 1 atom stereocenters. The van der Waals surface area contributed by atoms with Crippen LogP contribution in [0.3, 0.4) is 0 Å². The van der Waals surface area contributed by atoms with E-state index in [0.717, 1.165) is 0 Å². The number of carboxylic acid groups (broad SMARTS) is 1. The summed E-state index contributed by atoms with van der Waals surface area (Å²) >= 11 is 0. The maximum absolute atomic E-state index is 11.3. The van der Waals surface area contributed by atoms with Crippen molar-refractivity contribution in [1.29, 1.82) is 0 Å². The van der Waals surface area contributed by atoms with Gasteiger partial charge in [0.15, 0.2) is 9.84 Å². The van der Waals surface area contributed by atoms with Crippen LogP contribution in [0, 0.1) is 5.41 Å². The summed E-state index contributed by atoms with van der Waals surface area (Å²) in [6.45, 7) is 3.99. The molecule has 0 aromatic rings. The SMILES string of the molecule is CN(CCC(C)(C)C(=O)O)C1CCS(=O)(=O)C1. The van der Waals surface area contributed by atoms with Crippen molar-refractivity contribution < 1.29 is 18.3 Å². The van der Waals surface area contributed by atoms with Crippen LogP contribution in [0.15, 0.2) is 0 Å². The molecule has 1 heterocycles. The Morgan fingerprint density at radius 3 is 2.47 bits per heavy atom. The lowest BCUT2D eigenvalue weighted by Gasteiger charge is -2.27. The largest absolute Gasteiger partial charge is 0.481 e. The molecule has 0 spiro atoms. The van der Waals surface area contributed by atoms with E-state index in [1.54, 1.807) is 13.8 Å². The van der Waals surface area contributed by atoms with E-state index in [-0.39, 0.29) is 17.5 Å². The summed E-state index contributed by atoms with van der Waals surface area (Å²) in [4.78, 5) is 12.9. The zero-order valence-electron chi connectivity index (χ0n) is 10.6. The molecule has 1 saturated heterocycles. The topological polar surface area (TPSA) is 74.7 Å². The Morgan fingerprint density at radius 1 is 1.47 bits per heavy atom. The standard InChI is InChI=1S/C11H21NO4S/c1-11(2,10(13)14)5-6-12(3)9-4-7-17(15,16)8-9/h9H,4-8H2,1-3H3,(H,13,14). The lowest BCUT2D eigenvalue weighted by atomic mass is 9.89. The van der Waals surface area contributed by atoms with E-state index >= 15 is 0 Å². The number of carboxylic acids is 1. The third-order valence-electron chi connectivity index (χ3n) is 3.50. The van der Waals surface area contributed by atoms with E-state index in [1.807, 2.05) is 11.9 Å². The number of nitrogens with zero attached hydrogens (tertiary/aromatic N) is 1. The first-order chi connectivity index (χ1) is 7.64. The van der Waals surface area contributed by atoms with Gasteiger partial charge in [-0.05, 0) is 40.3 Å². The van der Waals surface area contributed by atoms with E-state index in [2.05, 4.69) is 0 Å². The molecule has 0 amide bonds. The quantitative estimate of drug-likeness (QED) is 0.786. The summed E-state index contributed by atoms with van der Waals surface area (Å²) in [5.74, 6) is -0.355. The molecule has 0 aromatic carbocycles. The van der Waals surface area contributed by atoms with Gasteiger partial charge in [-0.2, -0.15) is 0 Å². The van der Waals surface area contributed by atoms with Crippen LogP contribution in [-0.4, -0.2) is 55.5 Å². The van der Waals surface area contributed by atoms with Gasteiger partial charge in [-0.25, -0.2) is 8.42 Å². The molecule has 1 aliphatic heterocycles. The van der Waals surface area contributed by atoms with E-state index in [9.17, 15) is 13.2 Å². The van der Waals surface area contributed by atoms with Gasteiger partial charge in [0.2, 0.25) is 0 Å². The maximum Gasteiger partial charge on any atom is 0.309 e. The van der Waals surface area contributed by atoms with Gasteiger partial charge < -0.3 is 10.0 Å². The van der Waals surface area contributed by atoms with Crippen LogP contribution in [0.5, 0.6) is 0 Å². The fourth-order valence-corrected chi connectivity index (χ4v) is 3.67. The molecule has 0 aliphatic carbocycles. The van der Waals surface area contributed by atoms with Gasteiger partial charge in [0.1, 0.15) is 0 Å². The lowest BCUT2D eigenvalue weighted by Crippen LogP contribution is -2.36. The first-order valence-electron chi connectivity index (χ1n) is 5.78. The minimum Gasteiger partial charge on any atom is -0.481 e. The molecule has 0 saturated carbocycles. The van der Waals surface area contributed by atoms with Gasteiger partial charge in [0, 0.05) is 6.04 Å². The predicted molar refractivity (Wildman–Crippen MR) is 65.7 cm³/mol. The highest BCUT2D eigenvalue weighted by Crippen LogP contribution is 2.23. The Labute approximate surface area is 103 Å². The molecular formula is C11H21NO4S. The second kappa shape index (κ2) is 4.94. The number of aliphatic carboxylic acids is 1. The Balaban J connectivity index is 2.46. The summed E-state index contributed by atoms with van der Waals surface area (Å²) in [5.41, 5.74) is -0.758. The normalized spacial score (nSPS) is 24.1. The van der Waals surface area contributed by atoms with Crippen LogP contribution in [-0.2, 0) is 14.6 Å². The van der Waals surface area contributed by atoms with Crippen LogP contribution in [0.4, 0.5) is 0 Å². The fraction of sp³-hybridized carbons (Fsp3) is 0.909. The summed E-state index contributed by atoms with van der Waals surface area (Å²) in [7, 11) is -1.00. The fourth-order valence-electron chi connectivity index (χ4n) is 1.87. The molecule has 17 heavy (non-hydrogen) atoms. The van der Waals surface area contributed by atoms with Crippen molar-refractivity contribution in [3.63, 3.8) is 0 Å². The number of carbonyl (C=O) groups is 1.